The van der Waals surface area contributed by atoms with Crippen LogP contribution in [-0.4, -0.2) is 73.4 Å². The van der Waals surface area contributed by atoms with E-state index in [0.717, 1.165) is 12.0 Å². The van der Waals surface area contributed by atoms with Gasteiger partial charge in [-0.2, -0.15) is 0 Å². The molecule has 0 fully saturated rings. The van der Waals surface area contributed by atoms with Crippen LogP contribution in [-0.2, 0) is 16.0 Å². The third kappa shape index (κ3) is 6.49. The van der Waals surface area contributed by atoms with E-state index >= 15 is 0 Å². The molecule has 0 saturated heterocycles. The van der Waals surface area contributed by atoms with Crippen molar-refractivity contribution >= 4 is 17.2 Å². The summed E-state index contributed by atoms with van der Waals surface area (Å²) in [7, 11) is 1.62. The predicted octanol–water partition coefficient (Wildman–Crippen LogP) is 3.11. The molecule has 8 heteroatoms. The highest BCUT2D eigenvalue weighted by atomic mass is 32.1. The maximum atomic E-state index is 13.5. The Labute approximate surface area is 187 Å². The van der Waals surface area contributed by atoms with Crippen molar-refractivity contribution in [3.8, 4) is 5.75 Å². The number of rotatable bonds is 11. The first-order valence-corrected chi connectivity index (χ1v) is 11.5. The second kappa shape index (κ2) is 11.6. The van der Waals surface area contributed by atoms with Crippen molar-refractivity contribution in [2.45, 2.75) is 31.9 Å². The topological polar surface area (TPSA) is 62.2 Å². The molecule has 1 aliphatic rings. The number of benzene rings is 1. The van der Waals surface area contributed by atoms with Gasteiger partial charge in [0.15, 0.2) is 0 Å². The van der Waals surface area contributed by atoms with Crippen LogP contribution in [0.5, 0.6) is 5.75 Å². The van der Waals surface area contributed by atoms with Gasteiger partial charge in [0.05, 0.1) is 25.3 Å². The van der Waals surface area contributed by atoms with E-state index in [-0.39, 0.29) is 30.9 Å². The molecule has 0 spiro atoms. The lowest BCUT2D eigenvalue weighted by Crippen LogP contribution is -2.48. The molecule has 1 N–H and O–H groups in total. The zero-order chi connectivity index (χ0) is 22.2. The van der Waals surface area contributed by atoms with Crippen LogP contribution in [0.1, 0.15) is 29.8 Å². The van der Waals surface area contributed by atoms with Crippen LogP contribution in [0.4, 0.5) is 4.39 Å². The minimum Gasteiger partial charge on any atom is -0.491 e. The van der Waals surface area contributed by atoms with Crippen molar-refractivity contribution < 1.29 is 23.8 Å². The van der Waals surface area contributed by atoms with E-state index in [9.17, 15) is 14.3 Å². The van der Waals surface area contributed by atoms with Crippen molar-refractivity contribution in [3.63, 3.8) is 0 Å². The van der Waals surface area contributed by atoms with E-state index in [4.69, 9.17) is 9.47 Å². The van der Waals surface area contributed by atoms with Crippen molar-refractivity contribution in [1.82, 2.24) is 9.80 Å². The van der Waals surface area contributed by atoms with E-state index in [1.54, 1.807) is 30.6 Å². The molecule has 0 radical (unpaired) electrons. The molecule has 1 aromatic heterocycles. The standard InChI is InChI=1S/C23H31FN2O4S/c1-3-18(27)14-25(10-11-29-2)15-23(28)26-9-7-22-20(8-12-31-22)21(26)16-30-19-6-4-5-17(24)13-19/h4-6,8,12-13,18,21,27H,3,7,9-11,14-16H2,1-2H3. The number of aliphatic hydroxyl groups is 1. The smallest absolute Gasteiger partial charge is 0.237 e. The van der Waals surface area contributed by atoms with Crippen molar-refractivity contribution in [2.75, 3.05) is 46.5 Å². The van der Waals surface area contributed by atoms with Gasteiger partial charge in [-0.15, -0.1) is 11.3 Å². The number of methoxy groups -OCH3 is 1. The lowest BCUT2D eigenvalue weighted by atomic mass is 10.0. The molecule has 2 aromatic rings. The average Bonchev–Trinajstić information content (AvgIpc) is 3.24. The second-order valence-electron chi connectivity index (χ2n) is 7.71. The molecule has 0 aliphatic carbocycles. The number of carbonyl (C=O) groups excluding carboxylic acids is 1. The molecular weight excluding hydrogens is 419 g/mol. The molecule has 170 valence electrons. The molecule has 0 saturated carbocycles. The summed E-state index contributed by atoms with van der Waals surface area (Å²) in [4.78, 5) is 18.3. The Kier molecular flexibility index (Phi) is 8.83. The summed E-state index contributed by atoms with van der Waals surface area (Å²) >= 11 is 1.69. The highest BCUT2D eigenvalue weighted by molar-refractivity contribution is 7.10. The van der Waals surface area contributed by atoms with Gasteiger partial charge in [0.1, 0.15) is 18.2 Å². The SMILES string of the molecule is CCC(O)CN(CCOC)CC(=O)N1CCc2sccc2C1COc1cccc(F)c1. The van der Waals surface area contributed by atoms with Crippen molar-refractivity contribution in [3.05, 3.63) is 52.0 Å². The summed E-state index contributed by atoms with van der Waals surface area (Å²) in [6, 6.07) is 7.86. The molecule has 1 aromatic carbocycles. The summed E-state index contributed by atoms with van der Waals surface area (Å²) in [6.07, 6.45) is 0.954. The molecule has 31 heavy (non-hydrogen) atoms. The minimum atomic E-state index is -0.485. The fraction of sp³-hybridized carbons (Fsp3) is 0.522. The average molecular weight is 451 g/mol. The molecular formula is C23H31FN2O4S. The molecule has 1 aliphatic heterocycles. The van der Waals surface area contributed by atoms with Gasteiger partial charge in [0.2, 0.25) is 5.91 Å². The van der Waals surface area contributed by atoms with Gasteiger partial charge >= 0.3 is 0 Å². The van der Waals surface area contributed by atoms with Crippen LogP contribution in [0.25, 0.3) is 0 Å². The Morgan fingerprint density at radius 3 is 3.00 bits per heavy atom. The lowest BCUT2D eigenvalue weighted by molar-refractivity contribution is -0.136. The van der Waals surface area contributed by atoms with E-state index in [1.807, 2.05) is 28.2 Å². The van der Waals surface area contributed by atoms with Gasteiger partial charge in [-0.3, -0.25) is 9.69 Å². The van der Waals surface area contributed by atoms with E-state index in [1.165, 1.54) is 17.0 Å². The zero-order valence-electron chi connectivity index (χ0n) is 18.1. The Morgan fingerprint density at radius 2 is 2.26 bits per heavy atom. The minimum absolute atomic E-state index is 0.0101. The van der Waals surface area contributed by atoms with E-state index in [0.29, 0.717) is 38.4 Å². The number of aliphatic hydroxyl groups excluding tert-OH is 1. The molecule has 0 bridgehead atoms. The predicted molar refractivity (Wildman–Crippen MR) is 119 cm³/mol. The summed E-state index contributed by atoms with van der Waals surface area (Å²) in [6.45, 7) is 4.48. The Hall–Kier alpha value is -2.00. The molecule has 3 rings (SSSR count). The largest absolute Gasteiger partial charge is 0.491 e. The molecule has 6 nitrogen and oxygen atoms in total. The second-order valence-corrected chi connectivity index (χ2v) is 8.71. The van der Waals surface area contributed by atoms with E-state index < -0.39 is 6.10 Å². The zero-order valence-corrected chi connectivity index (χ0v) is 18.9. The highest BCUT2D eigenvalue weighted by Crippen LogP contribution is 2.34. The van der Waals surface area contributed by atoms with Crippen LogP contribution in [0, 0.1) is 5.82 Å². The normalized spacial score (nSPS) is 16.9. The lowest BCUT2D eigenvalue weighted by Gasteiger charge is -2.37. The summed E-state index contributed by atoms with van der Waals surface area (Å²) in [5.41, 5.74) is 1.10. The third-order valence-corrected chi connectivity index (χ3v) is 6.53. The first-order valence-electron chi connectivity index (χ1n) is 10.6. The van der Waals surface area contributed by atoms with Crippen LogP contribution in [0.3, 0.4) is 0 Å². The Bertz CT molecular complexity index is 846. The van der Waals surface area contributed by atoms with Crippen LogP contribution in [0.2, 0.25) is 0 Å². The monoisotopic (exact) mass is 450 g/mol. The maximum absolute atomic E-state index is 13.5. The Balaban J connectivity index is 1.72. The van der Waals surface area contributed by atoms with E-state index in [2.05, 4.69) is 0 Å². The molecule has 2 heterocycles. The first-order chi connectivity index (χ1) is 15.0. The van der Waals surface area contributed by atoms with Gasteiger partial charge in [0, 0.05) is 37.7 Å². The van der Waals surface area contributed by atoms with Crippen molar-refractivity contribution in [1.29, 1.82) is 0 Å². The fourth-order valence-electron chi connectivity index (χ4n) is 3.77. The van der Waals surface area contributed by atoms with Gasteiger partial charge in [0.25, 0.3) is 0 Å². The number of hydrogen-bond donors (Lipinski definition) is 1. The summed E-state index contributed by atoms with van der Waals surface area (Å²) in [5.74, 6) is 0.0835. The number of nitrogens with zero attached hydrogens (tertiary/aromatic N) is 2. The summed E-state index contributed by atoms with van der Waals surface area (Å²) < 4.78 is 24.6. The highest BCUT2D eigenvalue weighted by Gasteiger charge is 2.33. The van der Waals surface area contributed by atoms with Gasteiger partial charge < -0.3 is 19.5 Å². The number of halogens is 1. The number of thiophene rings is 1. The van der Waals surface area contributed by atoms with Gasteiger partial charge in [-0.1, -0.05) is 13.0 Å². The number of fused-ring (bicyclic) bond motifs is 1. The fourth-order valence-corrected chi connectivity index (χ4v) is 4.70. The molecule has 2 atom stereocenters. The van der Waals surface area contributed by atoms with Crippen molar-refractivity contribution in [2.24, 2.45) is 0 Å². The van der Waals surface area contributed by atoms with Gasteiger partial charge in [-0.25, -0.2) is 4.39 Å². The maximum Gasteiger partial charge on any atom is 0.237 e. The number of ether oxygens (including phenoxy) is 2. The number of amides is 1. The third-order valence-electron chi connectivity index (χ3n) is 5.53. The quantitative estimate of drug-likeness (QED) is 0.570. The summed E-state index contributed by atoms with van der Waals surface area (Å²) in [5, 5.41) is 12.1. The number of hydrogen-bond acceptors (Lipinski definition) is 6. The Morgan fingerprint density at radius 1 is 1.42 bits per heavy atom. The van der Waals surface area contributed by atoms with Gasteiger partial charge in [-0.05, 0) is 42.0 Å². The van der Waals surface area contributed by atoms with Crippen LogP contribution < -0.4 is 4.74 Å². The first kappa shape index (κ1) is 23.7. The molecule has 1 amide bonds. The molecule has 2 unspecified atom stereocenters. The van der Waals surface area contributed by atoms with Crippen LogP contribution >= 0.6 is 11.3 Å². The van der Waals surface area contributed by atoms with Crippen LogP contribution in [0.15, 0.2) is 35.7 Å². The number of carbonyl (C=O) groups is 1.